The first-order valence-electron chi connectivity index (χ1n) is 3.98. The molecule has 0 radical (unpaired) electrons. The van der Waals surface area contributed by atoms with E-state index in [1.807, 2.05) is 6.08 Å². The maximum Gasteiger partial charge on any atom is 0.132 e. The van der Waals surface area contributed by atoms with Gasteiger partial charge in [-0.3, -0.25) is 0 Å². The maximum absolute atomic E-state index is 3.72. The van der Waals surface area contributed by atoms with E-state index in [2.05, 4.69) is 43.4 Å². The molecular formula is C11H15ClS. The third kappa shape index (κ3) is 4.39. The lowest BCUT2D eigenvalue weighted by Crippen LogP contribution is -3.00. The smallest absolute Gasteiger partial charge is 0.132 e. The lowest BCUT2D eigenvalue weighted by molar-refractivity contribution is -0.00000260. The van der Waals surface area contributed by atoms with E-state index in [1.165, 1.54) is 16.9 Å². The highest BCUT2D eigenvalue weighted by atomic mass is 35.5. The van der Waals surface area contributed by atoms with Crippen molar-refractivity contribution in [3.63, 3.8) is 0 Å². The van der Waals surface area contributed by atoms with Crippen LogP contribution < -0.4 is 12.4 Å². The molecule has 0 nitrogen and oxygen atoms in total. The first kappa shape index (κ1) is 12.6. The molecule has 0 spiro atoms. The second-order valence-corrected chi connectivity index (χ2v) is 5.34. The average Bonchev–Trinajstić information content (AvgIpc) is 2.05. The van der Waals surface area contributed by atoms with Crippen molar-refractivity contribution in [2.75, 3.05) is 12.5 Å². The van der Waals surface area contributed by atoms with Gasteiger partial charge in [-0.25, -0.2) is 0 Å². The van der Waals surface area contributed by atoms with Crippen LogP contribution >= 0.6 is 0 Å². The van der Waals surface area contributed by atoms with Crippen LogP contribution in [0.2, 0.25) is 0 Å². The van der Waals surface area contributed by atoms with E-state index in [0.29, 0.717) is 10.9 Å². The fourth-order valence-corrected chi connectivity index (χ4v) is 1.94. The molecule has 0 aromatic heterocycles. The highest BCUT2D eigenvalue weighted by Crippen LogP contribution is 2.08. The van der Waals surface area contributed by atoms with Crippen molar-refractivity contribution >= 4 is 17.0 Å². The van der Waals surface area contributed by atoms with Gasteiger partial charge in [0.2, 0.25) is 0 Å². The Morgan fingerprint density at radius 1 is 1.23 bits per heavy atom. The van der Waals surface area contributed by atoms with Crippen molar-refractivity contribution in [2.45, 2.75) is 5.75 Å². The minimum absolute atomic E-state index is 0. The zero-order valence-electron chi connectivity index (χ0n) is 8.09. The molecule has 0 saturated carbocycles. The molecule has 0 heterocycles. The van der Waals surface area contributed by atoms with Gasteiger partial charge in [-0.2, -0.15) is 0 Å². The van der Waals surface area contributed by atoms with E-state index in [0.717, 1.165) is 0 Å². The molecule has 72 valence electrons. The van der Waals surface area contributed by atoms with Crippen LogP contribution in [0.15, 0.2) is 30.8 Å². The number of benzene rings is 1. The molecule has 0 unspecified atom stereocenters. The van der Waals surface area contributed by atoms with Crippen LogP contribution in [0.4, 0.5) is 0 Å². The monoisotopic (exact) mass is 214 g/mol. The number of hydrogen-bond donors (Lipinski definition) is 0. The van der Waals surface area contributed by atoms with Gasteiger partial charge in [-0.15, -0.1) is 0 Å². The number of rotatable bonds is 3. The van der Waals surface area contributed by atoms with Gasteiger partial charge in [0.15, 0.2) is 0 Å². The van der Waals surface area contributed by atoms with E-state index >= 15 is 0 Å². The Kier molecular flexibility index (Phi) is 5.93. The molecule has 1 rings (SSSR count). The Morgan fingerprint density at radius 3 is 2.15 bits per heavy atom. The van der Waals surface area contributed by atoms with Crippen LogP contribution in [-0.2, 0) is 16.6 Å². The lowest BCUT2D eigenvalue weighted by atomic mass is 10.1. The highest BCUT2D eigenvalue weighted by Gasteiger charge is 2.03. The van der Waals surface area contributed by atoms with E-state index < -0.39 is 0 Å². The summed E-state index contributed by atoms with van der Waals surface area (Å²) in [7, 11) is 0.499. The maximum atomic E-state index is 3.72. The fourth-order valence-electron chi connectivity index (χ4n) is 1.08. The Morgan fingerprint density at radius 2 is 1.77 bits per heavy atom. The van der Waals surface area contributed by atoms with Crippen molar-refractivity contribution in [3.8, 4) is 0 Å². The zero-order chi connectivity index (χ0) is 8.97. The standard InChI is InChI=1S/C11H15S.ClH/c1-4-10-5-7-11(8-6-10)9-12(2)3;/h4-8H,1,9H2,2-3H3;1H/q+1;/p-1. The Hall–Kier alpha value is -0.400. The van der Waals surface area contributed by atoms with E-state index in [1.54, 1.807) is 0 Å². The molecule has 13 heavy (non-hydrogen) atoms. The summed E-state index contributed by atoms with van der Waals surface area (Å²) in [6.07, 6.45) is 6.41. The molecule has 0 aliphatic rings. The largest absolute Gasteiger partial charge is 1.00 e. The topological polar surface area (TPSA) is 0 Å². The molecule has 1 aromatic rings. The first-order valence-corrected chi connectivity index (χ1v) is 6.19. The molecule has 2 heteroatoms. The van der Waals surface area contributed by atoms with Gasteiger partial charge in [-0.05, 0) is 16.5 Å². The van der Waals surface area contributed by atoms with Crippen molar-refractivity contribution in [2.24, 2.45) is 0 Å². The zero-order valence-corrected chi connectivity index (χ0v) is 9.66. The van der Waals surface area contributed by atoms with Crippen molar-refractivity contribution < 1.29 is 12.4 Å². The van der Waals surface area contributed by atoms with Crippen LogP contribution in [0.5, 0.6) is 0 Å². The summed E-state index contributed by atoms with van der Waals surface area (Å²) in [4.78, 5) is 0. The second-order valence-electron chi connectivity index (χ2n) is 3.08. The normalized spacial score (nSPS) is 9.46. The van der Waals surface area contributed by atoms with Gasteiger partial charge in [0.1, 0.15) is 5.75 Å². The summed E-state index contributed by atoms with van der Waals surface area (Å²) < 4.78 is 0. The van der Waals surface area contributed by atoms with Crippen molar-refractivity contribution in [3.05, 3.63) is 42.0 Å². The molecule has 1 aromatic carbocycles. The van der Waals surface area contributed by atoms with Gasteiger partial charge in [-0.1, -0.05) is 36.9 Å². The molecule has 0 aliphatic heterocycles. The quantitative estimate of drug-likeness (QED) is 0.607. The predicted octanol–water partition coefficient (Wildman–Crippen LogP) is -0.288. The number of halogens is 1. The summed E-state index contributed by atoms with van der Waals surface area (Å²) in [6.45, 7) is 3.72. The molecule has 0 atom stereocenters. The summed E-state index contributed by atoms with van der Waals surface area (Å²) >= 11 is 0. The third-order valence-corrected chi connectivity index (χ3v) is 2.58. The highest BCUT2D eigenvalue weighted by molar-refractivity contribution is 7.94. The second kappa shape index (κ2) is 6.11. The van der Waals surface area contributed by atoms with Gasteiger partial charge in [0, 0.05) is 5.56 Å². The molecule has 0 fully saturated rings. The van der Waals surface area contributed by atoms with Crippen molar-refractivity contribution in [1.29, 1.82) is 0 Å². The van der Waals surface area contributed by atoms with Crippen LogP contribution in [0.3, 0.4) is 0 Å². The average molecular weight is 215 g/mol. The summed E-state index contributed by atoms with van der Waals surface area (Å²) in [5.41, 5.74) is 2.62. The molecule has 0 N–H and O–H groups in total. The Balaban J connectivity index is 0.00000144. The van der Waals surface area contributed by atoms with E-state index in [9.17, 15) is 0 Å². The molecular weight excluding hydrogens is 200 g/mol. The first-order chi connectivity index (χ1) is 5.72. The van der Waals surface area contributed by atoms with E-state index in [4.69, 9.17) is 0 Å². The minimum atomic E-state index is 0. The predicted molar refractivity (Wildman–Crippen MR) is 59.5 cm³/mol. The molecule has 0 amide bonds. The lowest BCUT2D eigenvalue weighted by Gasteiger charge is -1.98. The SMILES string of the molecule is C=Cc1ccc(C[S+](C)C)cc1.[Cl-]. The van der Waals surface area contributed by atoms with Crippen LogP contribution in [-0.4, -0.2) is 12.5 Å². The van der Waals surface area contributed by atoms with Gasteiger partial charge < -0.3 is 12.4 Å². The minimum Gasteiger partial charge on any atom is -1.00 e. The third-order valence-electron chi connectivity index (χ3n) is 1.67. The van der Waals surface area contributed by atoms with Gasteiger partial charge in [0.25, 0.3) is 0 Å². The molecule has 0 bridgehead atoms. The Labute approximate surface area is 89.8 Å². The van der Waals surface area contributed by atoms with Crippen LogP contribution in [0.25, 0.3) is 6.08 Å². The van der Waals surface area contributed by atoms with Crippen LogP contribution in [0, 0.1) is 0 Å². The molecule has 0 saturated heterocycles. The van der Waals surface area contributed by atoms with E-state index in [-0.39, 0.29) is 12.4 Å². The summed E-state index contributed by atoms with van der Waals surface area (Å²) in [6, 6.07) is 8.61. The fraction of sp³-hybridized carbons (Fsp3) is 0.273. The molecule has 0 aliphatic carbocycles. The van der Waals surface area contributed by atoms with Gasteiger partial charge >= 0.3 is 0 Å². The van der Waals surface area contributed by atoms with Crippen LogP contribution in [0.1, 0.15) is 11.1 Å². The van der Waals surface area contributed by atoms with Gasteiger partial charge in [0.05, 0.1) is 12.5 Å². The number of hydrogen-bond acceptors (Lipinski definition) is 0. The summed E-state index contributed by atoms with van der Waals surface area (Å²) in [5.74, 6) is 1.19. The summed E-state index contributed by atoms with van der Waals surface area (Å²) in [5, 5.41) is 0. The van der Waals surface area contributed by atoms with Crippen molar-refractivity contribution in [1.82, 2.24) is 0 Å². The Bertz CT molecular complexity index is 251.